The van der Waals surface area contributed by atoms with Gasteiger partial charge in [-0.3, -0.25) is 0 Å². The molecule has 0 aromatic rings. The normalized spacial score (nSPS) is 8.55. The lowest BCUT2D eigenvalue weighted by Gasteiger charge is -1.97. The van der Waals surface area contributed by atoms with Gasteiger partial charge in [0.25, 0.3) is 0 Å². The van der Waals surface area contributed by atoms with Crippen molar-refractivity contribution >= 4 is 11.7 Å². The third kappa shape index (κ3) is 4.25. The van der Waals surface area contributed by atoms with Gasteiger partial charge in [0.2, 0.25) is 0 Å². The van der Waals surface area contributed by atoms with Crippen molar-refractivity contribution in [3.05, 3.63) is 5.53 Å². The fourth-order valence-corrected chi connectivity index (χ4v) is 0.363. The van der Waals surface area contributed by atoms with Crippen LogP contribution in [0.25, 0.3) is 5.53 Å². The second-order valence-electron chi connectivity index (χ2n) is 1.81. The average Bonchev–Trinajstić information content (AvgIpc) is 2.03. The second kappa shape index (κ2) is 5.58. The molecule has 0 aromatic heterocycles. The Hall–Kier alpha value is -1.19. The molecule has 5 nitrogen and oxygen atoms in total. The van der Waals surface area contributed by atoms with Gasteiger partial charge in [-0.1, -0.05) is 0 Å². The minimum atomic E-state index is -0.635. The van der Waals surface area contributed by atoms with Gasteiger partial charge in [-0.25, -0.2) is 4.79 Å². The molecule has 0 spiro atoms. The van der Waals surface area contributed by atoms with Gasteiger partial charge in [-0.15, -0.1) is 0 Å². The molecule has 0 bridgehead atoms. The molecule has 0 atom stereocenters. The van der Waals surface area contributed by atoms with Crippen molar-refractivity contribution in [2.24, 2.45) is 0 Å². The highest BCUT2D eigenvalue weighted by Crippen LogP contribution is 1.80. The van der Waals surface area contributed by atoms with Crippen LogP contribution in [0.4, 0.5) is 0 Å². The molecule has 0 saturated carbocycles. The maximum absolute atomic E-state index is 10.7. The number of carbonyl (C=O) groups is 1. The zero-order valence-electron chi connectivity index (χ0n) is 6.53. The number of hydrogen-bond donors (Lipinski definition) is 0. The van der Waals surface area contributed by atoms with E-state index in [2.05, 4.69) is 14.3 Å². The monoisotopic (exact) mass is 158 g/mol. The summed E-state index contributed by atoms with van der Waals surface area (Å²) in [5.74, 6) is -0.635. The first-order chi connectivity index (χ1) is 5.22. The van der Waals surface area contributed by atoms with Gasteiger partial charge in [-0.05, 0) is 0 Å². The SMILES string of the molecule is COCCOC(=O)C(C)=[N+]=[N-]. The second-order valence-corrected chi connectivity index (χ2v) is 1.81. The van der Waals surface area contributed by atoms with Crippen molar-refractivity contribution < 1.29 is 19.1 Å². The van der Waals surface area contributed by atoms with E-state index in [-0.39, 0.29) is 12.3 Å². The van der Waals surface area contributed by atoms with Crippen LogP contribution in [-0.4, -0.2) is 36.8 Å². The van der Waals surface area contributed by atoms with Crippen molar-refractivity contribution in [3.8, 4) is 0 Å². The number of esters is 1. The van der Waals surface area contributed by atoms with Crippen molar-refractivity contribution in [1.82, 2.24) is 0 Å². The maximum atomic E-state index is 10.7. The Morgan fingerprint density at radius 2 is 2.18 bits per heavy atom. The maximum Gasteiger partial charge on any atom is 0.416 e. The van der Waals surface area contributed by atoms with E-state index in [1.165, 1.54) is 14.0 Å². The van der Waals surface area contributed by atoms with Crippen molar-refractivity contribution in [3.63, 3.8) is 0 Å². The molecule has 62 valence electrons. The van der Waals surface area contributed by atoms with Gasteiger partial charge in [0.15, 0.2) is 0 Å². The minimum absolute atomic E-state index is 0.0684. The summed E-state index contributed by atoms with van der Waals surface area (Å²) < 4.78 is 9.21. The topological polar surface area (TPSA) is 71.9 Å². The number of carbonyl (C=O) groups excluding carboxylic acids is 1. The summed E-state index contributed by atoms with van der Waals surface area (Å²) in [4.78, 5) is 13.3. The van der Waals surface area contributed by atoms with Crippen LogP contribution in [0.3, 0.4) is 0 Å². The average molecular weight is 158 g/mol. The molecular formula is C6H10N2O3. The van der Waals surface area contributed by atoms with Crippen molar-refractivity contribution in [1.29, 1.82) is 0 Å². The fourth-order valence-electron chi connectivity index (χ4n) is 0.363. The van der Waals surface area contributed by atoms with Crippen LogP contribution in [0.1, 0.15) is 6.92 Å². The molecular weight excluding hydrogens is 148 g/mol. The van der Waals surface area contributed by atoms with Gasteiger partial charge >= 0.3 is 11.7 Å². The third-order valence-corrected chi connectivity index (χ3v) is 0.966. The first-order valence-electron chi connectivity index (χ1n) is 3.07. The quantitative estimate of drug-likeness (QED) is 0.188. The number of methoxy groups -OCH3 is 1. The number of ether oxygens (including phenoxy) is 2. The Morgan fingerprint density at radius 1 is 1.55 bits per heavy atom. The Balaban J connectivity index is 3.62. The van der Waals surface area contributed by atoms with Crippen LogP contribution < -0.4 is 0 Å². The van der Waals surface area contributed by atoms with Crippen LogP contribution in [0, 0.1) is 0 Å². The van der Waals surface area contributed by atoms with Gasteiger partial charge in [0, 0.05) is 14.0 Å². The van der Waals surface area contributed by atoms with Crippen LogP contribution in [0.15, 0.2) is 0 Å². The molecule has 0 N–H and O–H groups in total. The molecule has 0 radical (unpaired) electrons. The Kier molecular flexibility index (Phi) is 4.98. The summed E-state index contributed by atoms with van der Waals surface area (Å²) in [6.45, 7) is 1.86. The van der Waals surface area contributed by atoms with Gasteiger partial charge < -0.3 is 15.0 Å². The Morgan fingerprint density at radius 3 is 2.64 bits per heavy atom. The largest absolute Gasteiger partial charge is 0.455 e. The van der Waals surface area contributed by atoms with E-state index in [1.54, 1.807) is 0 Å². The van der Waals surface area contributed by atoms with E-state index in [4.69, 9.17) is 5.53 Å². The molecule has 0 rings (SSSR count). The highest BCUT2D eigenvalue weighted by molar-refractivity contribution is 6.32. The highest BCUT2D eigenvalue weighted by atomic mass is 16.6. The van der Waals surface area contributed by atoms with Crippen molar-refractivity contribution in [2.45, 2.75) is 6.92 Å². The predicted molar refractivity (Wildman–Crippen MR) is 37.1 cm³/mol. The number of rotatable bonds is 4. The number of nitrogens with zero attached hydrogens (tertiary/aromatic N) is 2. The molecule has 5 heteroatoms. The van der Waals surface area contributed by atoms with Crippen LogP contribution >= 0.6 is 0 Å². The molecule has 11 heavy (non-hydrogen) atoms. The summed E-state index contributed by atoms with van der Waals surface area (Å²) >= 11 is 0. The summed E-state index contributed by atoms with van der Waals surface area (Å²) in [6.07, 6.45) is 0. The summed E-state index contributed by atoms with van der Waals surface area (Å²) in [6, 6.07) is 0. The first-order valence-corrected chi connectivity index (χ1v) is 3.07. The first kappa shape index (κ1) is 9.81. The van der Waals surface area contributed by atoms with Gasteiger partial charge in [0.05, 0.1) is 6.61 Å². The van der Waals surface area contributed by atoms with Crippen LogP contribution in [-0.2, 0) is 14.3 Å². The Labute approximate surface area is 64.5 Å². The highest BCUT2D eigenvalue weighted by Gasteiger charge is 2.13. The smallest absolute Gasteiger partial charge is 0.416 e. The molecule has 0 aliphatic heterocycles. The molecule has 0 aliphatic rings. The molecule has 0 unspecified atom stereocenters. The Bertz CT molecular complexity index is 184. The minimum Gasteiger partial charge on any atom is -0.455 e. The van der Waals surface area contributed by atoms with Gasteiger partial charge in [-0.2, -0.15) is 4.79 Å². The third-order valence-electron chi connectivity index (χ3n) is 0.966. The molecule has 0 aliphatic carbocycles. The van der Waals surface area contributed by atoms with Crippen molar-refractivity contribution in [2.75, 3.05) is 20.3 Å². The fraction of sp³-hybridized carbons (Fsp3) is 0.667. The van der Waals surface area contributed by atoms with E-state index in [9.17, 15) is 4.79 Å². The predicted octanol–water partition coefficient (Wildman–Crippen LogP) is -0.133. The van der Waals surface area contributed by atoms with Gasteiger partial charge in [0.1, 0.15) is 6.61 Å². The zero-order chi connectivity index (χ0) is 8.69. The summed E-state index contributed by atoms with van der Waals surface area (Å²) in [5, 5.41) is 0. The summed E-state index contributed by atoms with van der Waals surface area (Å²) in [7, 11) is 1.50. The standard InChI is InChI=1S/C6H10N2O3/c1-5(8-7)6(9)11-4-3-10-2/h3-4H2,1-2H3. The van der Waals surface area contributed by atoms with Crippen LogP contribution in [0.2, 0.25) is 0 Å². The van der Waals surface area contributed by atoms with E-state index in [0.29, 0.717) is 6.61 Å². The molecule has 0 amide bonds. The van der Waals surface area contributed by atoms with Crippen LogP contribution in [0.5, 0.6) is 0 Å². The van der Waals surface area contributed by atoms with E-state index < -0.39 is 5.97 Å². The van der Waals surface area contributed by atoms with E-state index >= 15 is 0 Å². The lowest BCUT2D eigenvalue weighted by atomic mass is 10.4. The summed E-state index contributed by atoms with van der Waals surface area (Å²) in [5.41, 5.74) is 8.05. The van der Waals surface area contributed by atoms with E-state index in [0.717, 1.165) is 0 Å². The zero-order valence-corrected chi connectivity index (χ0v) is 6.53. The molecule has 0 fully saturated rings. The molecule has 0 saturated heterocycles. The lowest BCUT2D eigenvalue weighted by Crippen LogP contribution is -2.17. The number of hydrogen-bond acceptors (Lipinski definition) is 3. The molecule has 0 heterocycles. The van der Waals surface area contributed by atoms with E-state index in [1.807, 2.05) is 0 Å². The lowest BCUT2D eigenvalue weighted by molar-refractivity contribution is -0.141. The molecule has 0 aromatic carbocycles.